The third-order valence-corrected chi connectivity index (χ3v) is 14.0. The van der Waals surface area contributed by atoms with Crippen LogP contribution in [0.3, 0.4) is 0 Å². The van der Waals surface area contributed by atoms with E-state index in [1.54, 1.807) is 12.1 Å². The molecular formula is C60H32BNO5. The van der Waals surface area contributed by atoms with Gasteiger partial charge in [0.2, 0.25) is 0 Å². The second-order valence-electron chi connectivity index (χ2n) is 17.4. The maximum Gasteiger partial charge on any atom is 0.270 e. The van der Waals surface area contributed by atoms with E-state index in [-0.39, 0.29) is 17.6 Å². The molecule has 67 heavy (non-hydrogen) atoms. The minimum atomic E-state index is -0.694. The Morgan fingerprint density at radius 2 is 0.940 bits per heavy atom. The van der Waals surface area contributed by atoms with Gasteiger partial charge in [-0.25, -0.2) is 0 Å². The fourth-order valence-electron chi connectivity index (χ4n) is 11.3. The first-order chi connectivity index (χ1) is 35.3. The van der Waals surface area contributed by atoms with Crippen LogP contribution in [-0.4, -0.2) is 11.3 Å². The first-order valence-corrected chi connectivity index (χ1v) is 22.3. The lowest BCUT2D eigenvalue weighted by atomic mass is 9.34. The van der Waals surface area contributed by atoms with Gasteiger partial charge < -0.3 is 27.3 Å². The van der Waals surface area contributed by atoms with Crippen molar-refractivity contribution in [2.45, 2.75) is 0 Å². The van der Waals surface area contributed by atoms with Crippen LogP contribution in [0.25, 0.3) is 116 Å². The van der Waals surface area contributed by atoms with Crippen molar-refractivity contribution < 1.29 is 29.6 Å². The predicted octanol–water partition coefficient (Wildman–Crippen LogP) is 14.5. The molecule has 0 aliphatic carbocycles. The largest absolute Gasteiger partial charge is 0.456 e. The summed E-state index contributed by atoms with van der Waals surface area (Å²) in [5.74, 6) is 1.71. The Bertz CT molecular complexity index is 4750. The Kier molecular flexibility index (Phi) is 5.96. The second kappa shape index (κ2) is 12.9. The molecule has 0 fully saturated rings. The van der Waals surface area contributed by atoms with Crippen molar-refractivity contribution in [1.29, 1.82) is 0 Å². The molecular weight excluding hydrogens is 825 g/mol. The van der Waals surface area contributed by atoms with Gasteiger partial charge in [-0.1, -0.05) is 152 Å². The van der Waals surface area contributed by atoms with Crippen LogP contribution in [0.15, 0.2) is 207 Å². The molecule has 0 bridgehead atoms. The quantitative estimate of drug-likeness (QED) is 0.166. The second-order valence-corrected chi connectivity index (χ2v) is 17.4. The number of hydrogen-bond donors (Lipinski definition) is 0. The molecule has 7 heteroatoms. The summed E-state index contributed by atoms with van der Waals surface area (Å²) in [6.45, 7) is -0.694. The van der Waals surface area contributed by atoms with E-state index in [1.807, 2.05) is 78.9 Å². The maximum atomic E-state index is 9.17. The number of aromatic nitrogens is 1. The fraction of sp³-hybridized carbons (Fsp3) is 0. The van der Waals surface area contributed by atoms with Gasteiger partial charge in [0.1, 0.15) is 39.4 Å². The SMILES string of the molecule is [2H]c1c([2H])c([2H])c(-c2cc3c4c(c2)Oc2c(c5oc6ccccc6c5c5c6ccccc6n(-c6ccccc6-c6ccccc6)c25)B4c2c(c4oc5ccccc5c4c4c2oc2ccccc24)O3)c([2H])c1[2H]. The monoisotopic (exact) mass is 862 g/mol. The number of ether oxygens (including phenoxy) is 2. The molecule has 0 amide bonds. The molecule has 0 spiro atoms. The summed E-state index contributed by atoms with van der Waals surface area (Å²) in [5.41, 5.74) is 11.1. The summed E-state index contributed by atoms with van der Waals surface area (Å²) >= 11 is 0. The molecule has 2 aliphatic heterocycles. The van der Waals surface area contributed by atoms with Crippen molar-refractivity contribution in [3.8, 4) is 50.9 Å². The number of para-hydroxylation sites is 5. The van der Waals surface area contributed by atoms with E-state index < -0.39 is 24.8 Å². The maximum absolute atomic E-state index is 9.17. The van der Waals surface area contributed by atoms with Crippen LogP contribution in [0.5, 0.6) is 23.0 Å². The number of benzene rings is 10. The molecule has 0 N–H and O–H groups in total. The number of nitrogens with zero attached hydrogens (tertiary/aromatic N) is 1. The molecule has 0 radical (unpaired) electrons. The lowest BCUT2D eigenvalue weighted by Crippen LogP contribution is -2.58. The van der Waals surface area contributed by atoms with Crippen molar-refractivity contribution in [2.75, 3.05) is 0 Å². The summed E-state index contributed by atoms with van der Waals surface area (Å²) in [4.78, 5) is 0. The normalized spacial score (nSPS) is 14.0. The van der Waals surface area contributed by atoms with Crippen LogP contribution in [0, 0.1) is 0 Å². The van der Waals surface area contributed by atoms with Crippen LogP contribution in [0.1, 0.15) is 6.85 Å². The van der Waals surface area contributed by atoms with E-state index >= 15 is 0 Å². The Balaban J connectivity index is 1.14. The zero-order valence-electron chi connectivity index (χ0n) is 40.2. The standard InChI is InChI=1S/C60H32BNO5/c1-3-17-33(18-4-1)35-31-46-52-47(32-35)67-60-54(57-50(39-24-10-15-29-44(39)64-57)51-40-25-11-16-30-45(40)65-58(51)60)61(52)53-56-49(38-23-9-14-28-43(38)63-56)48-37-22-8-13-27-42(37)62(55(48)59(53)66-46)41-26-12-7-21-36(41)34-19-5-2-6-20-34/h1-32H/i1D,3D,4D,17D,18D. The highest BCUT2D eigenvalue weighted by molar-refractivity contribution is 7.01. The molecule has 4 aromatic heterocycles. The van der Waals surface area contributed by atoms with Crippen molar-refractivity contribution in [1.82, 2.24) is 4.57 Å². The molecule has 310 valence electrons. The van der Waals surface area contributed by atoms with E-state index in [1.165, 1.54) is 0 Å². The smallest absolute Gasteiger partial charge is 0.270 e. The Morgan fingerprint density at radius 3 is 1.63 bits per heavy atom. The number of fused-ring (bicyclic) bond motifs is 22. The summed E-state index contributed by atoms with van der Waals surface area (Å²) in [5, 5.41) is 7.33. The molecule has 2 aliphatic rings. The van der Waals surface area contributed by atoms with Gasteiger partial charge >= 0.3 is 0 Å². The van der Waals surface area contributed by atoms with E-state index in [4.69, 9.17) is 26.8 Å². The highest BCUT2D eigenvalue weighted by atomic mass is 16.5. The van der Waals surface area contributed by atoms with E-state index in [9.17, 15) is 2.74 Å². The van der Waals surface area contributed by atoms with Gasteiger partial charge in [0.25, 0.3) is 6.71 Å². The average Bonchev–Trinajstić information content (AvgIpc) is 4.20. The lowest BCUT2D eigenvalue weighted by Gasteiger charge is -2.34. The highest BCUT2D eigenvalue weighted by Gasteiger charge is 2.48. The van der Waals surface area contributed by atoms with Crippen molar-refractivity contribution >= 4 is 111 Å². The minimum absolute atomic E-state index is 0.0193. The third kappa shape index (κ3) is 4.59. The molecule has 0 saturated carbocycles. The highest BCUT2D eigenvalue weighted by Crippen LogP contribution is 2.52. The zero-order valence-corrected chi connectivity index (χ0v) is 35.2. The first kappa shape index (κ1) is 31.0. The average molecular weight is 863 g/mol. The summed E-state index contributed by atoms with van der Waals surface area (Å²) in [7, 11) is 0. The Hall–Kier alpha value is -8.94. The van der Waals surface area contributed by atoms with Gasteiger partial charge in [-0.05, 0) is 59.2 Å². The van der Waals surface area contributed by atoms with Gasteiger partial charge in [0, 0.05) is 65.0 Å². The topological polar surface area (TPSA) is 62.8 Å². The molecule has 14 aromatic rings. The van der Waals surface area contributed by atoms with E-state index in [0.29, 0.717) is 67.5 Å². The number of hydrogen-bond acceptors (Lipinski definition) is 5. The molecule has 16 rings (SSSR count). The first-order valence-electron chi connectivity index (χ1n) is 24.8. The lowest BCUT2D eigenvalue weighted by molar-refractivity contribution is 0.463. The van der Waals surface area contributed by atoms with E-state index in [2.05, 4.69) is 77.4 Å². The molecule has 0 saturated heterocycles. The van der Waals surface area contributed by atoms with Gasteiger partial charge in [0.05, 0.1) is 23.6 Å². The van der Waals surface area contributed by atoms with E-state index in [0.717, 1.165) is 81.9 Å². The van der Waals surface area contributed by atoms with Crippen molar-refractivity contribution in [2.24, 2.45) is 0 Å². The molecule has 0 unspecified atom stereocenters. The molecule has 6 nitrogen and oxygen atoms in total. The van der Waals surface area contributed by atoms with Crippen LogP contribution in [-0.2, 0) is 0 Å². The number of rotatable bonds is 3. The zero-order chi connectivity index (χ0) is 47.8. The molecule has 6 heterocycles. The number of furan rings is 3. The summed E-state index contributed by atoms with van der Waals surface area (Å²) in [6, 6.07) is 52.8. The van der Waals surface area contributed by atoms with Gasteiger partial charge in [-0.15, -0.1) is 0 Å². The third-order valence-electron chi connectivity index (χ3n) is 14.0. The van der Waals surface area contributed by atoms with Gasteiger partial charge in [-0.2, -0.15) is 0 Å². The van der Waals surface area contributed by atoms with Crippen molar-refractivity contribution in [3.63, 3.8) is 0 Å². The fourth-order valence-corrected chi connectivity index (χ4v) is 11.3. The van der Waals surface area contributed by atoms with Crippen LogP contribution < -0.4 is 25.9 Å². The van der Waals surface area contributed by atoms with Crippen LogP contribution >= 0.6 is 0 Å². The van der Waals surface area contributed by atoms with Gasteiger partial charge in [-0.3, -0.25) is 0 Å². The summed E-state index contributed by atoms with van der Waals surface area (Å²) < 4.78 is 82.6. The molecule has 10 aromatic carbocycles. The summed E-state index contributed by atoms with van der Waals surface area (Å²) in [6.07, 6.45) is 0. The Labute approximate surface area is 388 Å². The van der Waals surface area contributed by atoms with Crippen LogP contribution in [0.2, 0.25) is 0 Å². The van der Waals surface area contributed by atoms with Crippen molar-refractivity contribution in [3.05, 3.63) is 194 Å². The molecule has 0 atom stereocenters. The minimum Gasteiger partial charge on any atom is -0.456 e. The predicted molar refractivity (Wildman–Crippen MR) is 271 cm³/mol. The Morgan fingerprint density at radius 1 is 0.418 bits per heavy atom. The van der Waals surface area contributed by atoms with Crippen LogP contribution in [0.4, 0.5) is 0 Å². The van der Waals surface area contributed by atoms with Gasteiger partial charge in [0.15, 0.2) is 17.1 Å².